The van der Waals surface area contributed by atoms with E-state index >= 15 is 0 Å². The van der Waals surface area contributed by atoms with Crippen LogP contribution in [0.2, 0.25) is 0 Å². The van der Waals surface area contributed by atoms with Gasteiger partial charge in [-0.3, -0.25) is 4.72 Å². The minimum absolute atomic E-state index is 0.276. The quantitative estimate of drug-likeness (QED) is 0.927. The summed E-state index contributed by atoms with van der Waals surface area (Å²) in [6.45, 7) is 3.62. The number of sulfonamides is 1. The van der Waals surface area contributed by atoms with Crippen molar-refractivity contribution in [1.82, 2.24) is 4.98 Å². The number of thiazole rings is 1. The number of hydrogen-bond donors (Lipinski definition) is 1. The van der Waals surface area contributed by atoms with E-state index in [0.29, 0.717) is 10.7 Å². The molecule has 0 amide bonds. The Morgan fingerprint density at radius 2 is 2.00 bits per heavy atom. The largest absolute Gasteiger partial charge is 0.263 e. The van der Waals surface area contributed by atoms with Crippen LogP contribution in [-0.2, 0) is 10.0 Å². The van der Waals surface area contributed by atoms with Crippen LogP contribution in [0.1, 0.15) is 11.1 Å². The summed E-state index contributed by atoms with van der Waals surface area (Å²) < 4.78 is 27.8. The SMILES string of the molecule is Cc1cc(S(=O)(=O)Nc2nccs2)c(C)cc1Br. The Morgan fingerprint density at radius 3 is 2.61 bits per heavy atom. The fraction of sp³-hybridized carbons (Fsp3) is 0.182. The Hall–Kier alpha value is -0.920. The maximum absolute atomic E-state index is 12.2. The van der Waals surface area contributed by atoms with Gasteiger partial charge in [-0.05, 0) is 37.1 Å². The number of anilines is 1. The zero-order valence-electron chi connectivity index (χ0n) is 9.77. The lowest BCUT2D eigenvalue weighted by Crippen LogP contribution is -2.14. The van der Waals surface area contributed by atoms with Crippen LogP contribution in [0.25, 0.3) is 0 Å². The topological polar surface area (TPSA) is 59.1 Å². The Kier molecular flexibility index (Phi) is 3.74. The number of nitrogens with one attached hydrogen (secondary N) is 1. The predicted octanol–water partition coefficient (Wildman–Crippen LogP) is 3.32. The van der Waals surface area contributed by atoms with Crippen LogP contribution in [0.3, 0.4) is 0 Å². The van der Waals surface area contributed by atoms with E-state index < -0.39 is 10.0 Å². The van der Waals surface area contributed by atoms with E-state index in [1.165, 1.54) is 11.3 Å². The van der Waals surface area contributed by atoms with Gasteiger partial charge in [0, 0.05) is 16.0 Å². The van der Waals surface area contributed by atoms with Gasteiger partial charge in [0.1, 0.15) is 0 Å². The molecule has 0 aliphatic rings. The summed E-state index contributed by atoms with van der Waals surface area (Å²) in [6.07, 6.45) is 1.56. The van der Waals surface area contributed by atoms with Gasteiger partial charge in [0.05, 0.1) is 4.90 Å². The lowest BCUT2D eigenvalue weighted by Gasteiger charge is -2.10. The van der Waals surface area contributed by atoms with Gasteiger partial charge in [0.25, 0.3) is 10.0 Å². The van der Waals surface area contributed by atoms with Crippen molar-refractivity contribution in [1.29, 1.82) is 0 Å². The molecule has 0 unspecified atom stereocenters. The van der Waals surface area contributed by atoms with Crippen LogP contribution >= 0.6 is 27.3 Å². The Bertz CT molecular complexity index is 667. The molecule has 0 bridgehead atoms. The molecule has 0 fully saturated rings. The van der Waals surface area contributed by atoms with Crippen molar-refractivity contribution in [3.63, 3.8) is 0 Å². The zero-order chi connectivity index (χ0) is 13.3. The number of aromatic nitrogens is 1. The molecular formula is C11H11BrN2O2S2. The second kappa shape index (κ2) is 4.99. The van der Waals surface area contributed by atoms with E-state index in [-0.39, 0.29) is 4.90 Å². The summed E-state index contributed by atoms with van der Waals surface area (Å²) in [5.41, 5.74) is 1.57. The van der Waals surface area contributed by atoms with Crippen LogP contribution in [0.4, 0.5) is 5.13 Å². The Labute approximate surface area is 118 Å². The molecule has 1 aromatic heterocycles. The first-order valence-electron chi connectivity index (χ1n) is 5.09. The molecule has 0 saturated heterocycles. The van der Waals surface area contributed by atoms with Crippen LogP contribution in [0.5, 0.6) is 0 Å². The first-order valence-corrected chi connectivity index (χ1v) is 8.25. The van der Waals surface area contributed by atoms with Crippen molar-refractivity contribution in [2.75, 3.05) is 4.72 Å². The fourth-order valence-electron chi connectivity index (χ4n) is 1.49. The third kappa shape index (κ3) is 2.73. The Morgan fingerprint density at radius 1 is 1.28 bits per heavy atom. The number of benzene rings is 1. The van der Waals surface area contributed by atoms with E-state index in [1.807, 2.05) is 6.92 Å². The summed E-state index contributed by atoms with van der Waals surface area (Å²) in [5.74, 6) is 0. The van der Waals surface area contributed by atoms with Gasteiger partial charge in [0.15, 0.2) is 5.13 Å². The van der Waals surface area contributed by atoms with Gasteiger partial charge >= 0.3 is 0 Å². The lowest BCUT2D eigenvalue weighted by molar-refractivity contribution is 0.600. The van der Waals surface area contributed by atoms with E-state index in [1.54, 1.807) is 30.6 Å². The maximum atomic E-state index is 12.2. The molecule has 96 valence electrons. The van der Waals surface area contributed by atoms with Gasteiger partial charge in [-0.2, -0.15) is 0 Å². The van der Waals surface area contributed by atoms with Crippen molar-refractivity contribution in [3.8, 4) is 0 Å². The highest BCUT2D eigenvalue weighted by molar-refractivity contribution is 9.10. The molecular weight excluding hydrogens is 336 g/mol. The van der Waals surface area contributed by atoms with E-state index in [4.69, 9.17) is 0 Å². The van der Waals surface area contributed by atoms with Crippen molar-refractivity contribution >= 4 is 42.4 Å². The smallest absolute Gasteiger partial charge is 0.255 e. The molecule has 18 heavy (non-hydrogen) atoms. The van der Waals surface area contributed by atoms with Crippen LogP contribution in [-0.4, -0.2) is 13.4 Å². The average Bonchev–Trinajstić information content (AvgIpc) is 2.75. The minimum atomic E-state index is -3.58. The Balaban J connectivity index is 2.44. The standard InChI is InChI=1S/C11H11BrN2O2S2/c1-7-6-10(8(2)5-9(7)12)18(15,16)14-11-13-3-4-17-11/h3-6H,1-2H3,(H,13,14). The summed E-state index contributed by atoms with van der Waals surface area (Å²) in [6, 6.07) is 3.45. The normalized spacial score (nSPS) is 11.5. The highest BCUT2D eigenvalue weighted by atomic mass is 79.9. The zero-order valence-corrected chi connectivity index (χ0v) is 13.0. The minimum Gasteiger partial charge on any atom is -0.255 e. The second-order valence-electron chi connectivity index (χ2n) is 3.81. The van der Waals surface area contributed by atoms with Gasteiger partial charge in [0.2, 0.25) is 0 Å². The van der Waals surface area contributed by atoms with Crippen molar-refractivity contribution < 1.29 is 8.42 Å². The molecule has 4 nitrogen and oxygen atoms in total. The number of nitrogens with zero attached hydrogens (tertiary/aromatic N) is 1. The van der Waals surface area contributed by atoms with Crippen molar-refractivity contribution in [2.45, 2.75) is 18.7 Å². The van der Waals surface area contributed by atoms with Gasteiger partial charge in [-0.15, -0.1) is 11.3 Å². The third-order valence-electron chi connectivity index (χ3n) is 2.40. The van der Waals surface area contributed by atoms with E-state index in [2.05, 4.69) is 25.6 Å². The number of hydrogen-bond acceptors (Lipinski definition) is 4. The molecule has 7 heteroatoms. The van der Waals surface area contributed by atoms with E-state index in [0.717, 1.165) is 10.0 Å². The number of halogens is 1. The van der Waals surface area contributed by atoms with Crippen molar-refractivity contribution in [2.24, 2.45) is 0 Å². The summed E-state index contributed by atoms with van der Waals surface area (Å²) in [4.78, 5) is 4.19. The first kappa shape index (κ1) is 13.5. The van der Waals surface area contributed by atoms with Crippen LogP contribution < -0.4 is 4.72 Å². The molecule has 0 atom stereocenters. The highest BCUT2D eigenvalue weighted by Gasteiger charge is 2.19. The lowest BCUT2D eigenvalue weighted by atomic mass is 10.2. The third-order valence-corrected chi connectivity index (χ3v) is 5.55. The van der Waals surface area contributed by atoms with E-state index in [9.17, 15) is 8.42 Å². The van der Waals surface area contributed by atoms with Gasteiger partial charge in [-0.25, -0.2) is 13.4 Å². The monoisotopic (exact) mass is 346 g/mol. The maximum Gasteiger partial charge on any atom is 0.263 e. The molecule has 0 spiro atoms. The molecule has 1 N–H and O–H groups in total. The molecule has 0 aliphatic carbocycles. The molecule has 0 radical (unpaired) electrons. The molecule has 0 aliphatic heterocycles. The van der Waals surface area contributed by atoms with Crippen LogP contribution in [0.15, 0.2) is 33.1 Å². The summed E-state index contributed by atoms with van der Waals surface area (Å²) >= 11 is 4.63. The summed E-state index contributed by atoms with van der Waals surface area (Å²) in [7, 11) is -3.58. The van der Waals surface area contributed by atoms with Crippen LogP contribution in [0, 0.1) is 13.8 Å². The molecule has 0 saturated carbocycles. The van der Waals surface area contributed by atoms with Gasteiger partial charge < -0.3 is 0 Å². The number of aryl methyl sites for hydroxylation is 2. The first-order chi connectivity index (χ1) is 8.40. The predicted molar refractivity (Wildman–Crippen MR) is 76.5 cm³/mol. The molecule has 2 rings (SSSR count). The highest BCUT2D eigenvalue weighted by Crippen LogP contribution is 2.26. The van der Waals surface area contributed by atoms with Gasteiger partial charge in [-0.1, -0.05) is 15.9 Å². The number of rotatable bonds is 3. The molecule has 1 aromatic carbocycles. The second-order valence-corrected chi connectivity index (χ2v) is 7.21. The average molecular weight is 347 g/mol. The van der Waals surface area contributed by atoms with Crippen molar-refractivity contribution in [3.05, 3.63) is 39.3 Å². The summed E-state index contributed by atoms with van der Waals surface area (Å²) in [5, 5.41) is 2.09. The fourth-order valence-corrected chi connectivity index (χ4v) is 4.05. The molecule has 1 heterocycles. The molecule has 2 aromatic rings.